The first-order valence-corrected chi connectivity index (χ1v) is 7.58. The van der Waals surface area contributed by atoms with Crippen LogP contribution in [0.1, 0.15) is 23.6 Å². The van der Waals surface area contributed by atoms with Crippen molar-refractivity contribution in [2.75, 3.05) is 45.9 Å². The number of hydrogen-bond acceptors (Lipinski definition) is 4. The Morgan fingerprint density at radius 2 is 1.90 bits per heavy atom. The largest absolute Gasteiger partial charge is 0.395 e. The average molecular weight is 277 g/mol. The number of aliphatic hydroxyl groups excluding tert-OH is 1. The van der Waals surface area contributed by atoms with E-state index < -0.39 is 0 Å². The van der Waals surface area contributed by atoms with Crippen molar-refractivity contribution in [2.24, 2.45) is 5.73 Å². The van der Waals surface area contributed by atoms with Crippen molar-refractivity contribution in [3.05, 3.63) is 35.4 Å². The SMILES string of the molecule is Cc1ccc(C(CN)N2CCCN(CCO)CC2)cc1. The molecule has 1 aromatic rings. The molecule has 0 saturated carbocycles. The molecule has 0 spiro atoms. The molecule has 2 rings (SSSR count). The molecule has 4 nitrogen and oxygen atoms in total. The highest BCUT2D eigenvalue weighted by molar-refractivity contribution is 5.24. The number of nitrogens with two attached hydrogens (primary N) is 1. The highest BCUT2D eigenvalue weighted by Crippen LogP contribution is 2.21. The molecule has 1 aliphatic heterocycles. The van der Waals surface area contributed by atoms with E-state index >= 15 is 0 Å². The summed E-state index contributed by atoms with van der Waals surface area (Å²) in [6.45, 7) is 7.99. The predicted molar refractivity (Wildman–Crippen MR) is 82.7 cm³/mol. The van der Waals surface area contributed by atoms with Crippen LogP contribution >= 0.6 is 0 Å². The molecule has 1 saturated heterocycles. The molecule has 0 aromatic heterocycles. The lowest BCUT2D eigenvalue weighted by Crippen LogP contribution is -2.37. The summed E-state index contributed by atoms with van der Waals surface area (Å²) in [5, 5.41) is 9.06. The number of benzene rings is 1. The molecule has 1 unspecified atom stereocenters. The highest BCUT2D eigenvalue weighted by Gasteiger charge is 2.22. The topological polar surface area (TPSA) is 52.7 Å². The third-order valence-corrected chi connectivity index (χ3v) is 4.17. The van der Waals surface area contributed by atoms with Crippen LogP contribution in [-0.4, -0.2) is 60.8 Å². The quantitative estimate of drug-likeness (QED) is 0.843. The van der Waals surface area contributed by atoms with Crippen molar-refractivity contribution >= 4 is 0 Å². The summed E-state index contributed by atoms with van der Waals surface area (Å²) in [7, 11) is 0. The predicted octanol–water partition coefficient (Wildman–Crippen LogP) is 0.995. The molecule has 0 amide bonds. The monoisotopic (exact) mass is 277 g/mol. The number of aliphatic hydroxyl groups is 1. The number of aryl methyl sites for hydroxylation is 1. The molecule has 0 bridgehead atoms. The first kappa shape index (κ1) is 15.4. The van der Waals surface area contributed by atoms with Crippen LogP contribution < -0.4 is 5.73 Å². The Labute approximate surface area is 122 Å². The van der Waals surface area contributed by atoms with Crippen molar-refractivity contribution in [3.8, 4) is 0 Å². The van der Waals surface area contributed by atoms with Gasteiger partial charge in [0.25, 0.3) is 0 Å². The molecule has 0 aliphatic carbocycles. The first-order chi connectivity index (χ1) is 9.74. The van der Waals surface area contributed by atoms with Crippen LogP contribution in [0.2, 0.25) is 0 Å². The van der Waals surface area contributed by atoms with Gasteiger partial charge in [-0.2, -0.15) is 0 Å². The van der Waals surface area contributed by atoms with E-state index in [-0.39, 0.29) is 6.61 Å². The van der Waals surface area contributed by atoms with Crippen molar-refractivity contribution in [1.82, 2.24) is 9.80 Å². The van der Waals surface area contributed by atoms with Gasteiger partial charge in [0.2, 0.25) is 0 Å². The van der Waals surface area contributed by atoms with Gasteiger partial charge in [-0.05, 0) is 25.5 Å². The fourth-order valence-corrected chi connectivity index (χ4v) is 2.95. The highest BCUT2D eigenvalue weighted by atomic mass is 16.3. The molecular weight excluding hydrogens is 250 g/mol. The second kappa shape index (κ2) is 7.74. The van der Waals surface area contributed by atoms with E-state index in [0.717, 1.165) is 39.1 Å². The zero-order valence-corrected chi connectivity index (χ0v) is 12.5. The summed E-state index contributed by atoms with van der Waals surface area (Å²) >= 11 is 0. The second-order valence-corrected chi connectivity index (χ2v) is 5.62. The van der Waals surface area contributed by atoms with Crippen LogP contribution in [0.5, 0.6) is 0 Å². The lowest BCUT2D eigenvalue weighted by Gasteiger charge is -2.30. The molecule has 0 radical (unpaired) electrons. The number of β-amino-alcohol motifs (C(OH)–C–C–N with tert-alkyl or cyclic N) is 1. The van der Waals surface area contributed by atoms with Gasteiger partial charge in [-0.3, -0.25) is 9.80 Å². The van der Waals surface area contributed by atoms with Crippen molar-refractivity contribution in [3.63, 3.8) is 0 Å². The van der Waals surface area contributed by atoms with Crippen LogP contribution in [0.25, 0.3) is 0 Å². The lowest BCUT2D eigenvalue weighted by atomic mass is 10.0. The first-order valence-electron chi connectivity index (χ1n) is 7.58. The zero-order chi connectivity index (χ0) is 14.4. The van der Waals surface area contributed by atoms with Crippen LogP contribution in [0.3, 0.4) is 0 Å². The molecule has 112 valence electrons. The Morgan fingerprint density at radius 3 is 2.55 bits per heavy atom. The normalized spacial score (nSPS) is 19.8. The molecule has 1 heterocycles. The zero-order valence-electron chi connectivity index (χ0n) is 12.5. The third kappa shape index (κ3) is 4.03. The summed E-state index contributed by atoms with van der Waals surface area (Å²) < 4.78 is 0. The number of rotatable bonds is 5. The van der Waals surface area contributed by atoms with Gasteiger partial charge in [-0.15, -0.1) is 0 Å². The van der Waals surface area contributed by atoms with Gasteiger partial charge in [0.15, 0.2) is 0 Å². The van der Waals surface area contributed by atoms with Crippen LogP contribution in [0.4, 0.5) is 0 Å². The molecule has 20 heavy (non-hydrogen) atoms. The lowest BCUT2D eigenvalue weighted by molar-refractivity contribution is 0.182. The Morgan fingerprint density at radius 1 is 1.15 bits per heavy atom. The summed E-state index contributed by atoms with van der Waals surface area (Å²) in [5.74, 6) is 0. The Hall–Kier alpha value is -0.940. The minimum absolute atomic E-state index is 0.248. The summed E-state index contributed by atoms with van der Waals surface area (Å²) in [6.07, 6.45) is 1.14. The van der Waals surface area contributed by atoms with Gasteiger partial charge in [-0.1, -0.05) is 29.8 Å². The van der Waals surface area contributed by atoms with E-state index in [0.29, 0.717) is 12.6 Å². The van der Waals surface area contributed by atoms with Gasteiger partial charge in [-0.25, -0.2) is 0 Å². The van der Waals surface area contributed by atoms with E-state index in [2.05, 4.69) is 41.0 Å². The third-order valence-electron chi connectivity index (χ3n) is 4.17. The van der Waals surface area contributed by atoms with Gasteiger partial charge in [0.05, 0.1) is 6.61 Å². The Bertz CT molecular complexity index is 393. The van der Waals surface area contributed by atoms with Gasteiger partial charge in [0, 0.05) is 38.8 Å². The van der Waals surface area contributed by atoms with E-state index in [1.54, 1.807) is 0 Å². The fourth-order valence-electron chi connectivity index (χ4n) is 2.95. The Kier molecular flexibility index (Phi) is 5.98. The van der Waals surface area contributed by atoms with Gasteiger partial charge >= 0.3 is 0 Å². The van der Waals surface area contributed by atoms with Crippen LogP contribution in [0.15, 0.2) is 24.3 Å². The summed E-state index contributed by atoms with van der Waals surface area (Å²) in [5.41, 5.74) is 8.62. The van der Waals surface area contributed by atoms with E-state index in [4.69, 9.17) is 10.8 Å². The molecule has 3 N–H and O–H groups in total. The minimum atomic E-state index is 0.248. The molecule has 1 aliphatic rings. The fraction of sp³-hybridized carbons (Fsp3) is 0.625. The van der Waals surface area contributed by atoms with E-state index in [1.807, 2.05) is 0 Å². The molecule has 1 aromatic carbocycles. The average Bonchev–Trinajstić information content (AvgIpc) is 2.68. The van der Waals surface area contributed by atoms with Crippen molar-refractivity contribution in [1.29, 1.82) is 0 Å². The van der Waals surface area contributed by atoms with Crippen LogP contribution in [0, 0.1) is 6.92 Å². The second-order valence-electron chi connectivity index (χ2n) is 5.62. The molecule has 1 atom stereocenters. The maximum Gasteiger partial charge on any atom is 0.0558 e. The Balaban J connectivity index is 2.02. The van der Waals surface area contributed by atoms with Gasteiger partial charge < -0.3 is 10.8 Å². The standard InChI is InChI=1S/C16H27N3O/c1-14-3-5-15(6-4-14)16(13-17)19-8-2-7-18(9-10-19)11-12-20/h3-6,16,20H,2,7-13,17H2,1H3. The molecule has 4 heteroatoms. The van der Waals surface area contributed by atoms with Crippen molar-refractivity contribution < 1.29 is 5.11 Å². The van der Waals surface area contributed by atoms with Crippen molar-refractivity contribution in [2.45, 2.75) is 19.4 Å². The molecular formula is C16H27N3O. The summed E-state index contributed by atoms with van der Waals surface area (Å²) in [4.78, 5) is 4.82. The maximum absolute atomic E-state index is 9.06. The minimum Gasteiger partial charge on any atom is -0.395 e. The summed E-state index contributed by atoms with van der Waals surface area (Å²) in [6, 6.07) is 9.03. The molecule has 1 fully saturated rings. The number of nitrogens with zero attached hydrogens (tertiary/aromatic N) is 2. The van der Waals surface area contributed by atoms with Crippen LogP contribution in [-0.2, 0) is 0 Å². The maximum atomic E-state index is 9.06. The van der Waals surface area contributed by atoms with E-state index in [9.17, 15) is 0 Å². The van der Waals surface area contributed by atoms with E-state index in [1.165, 1.54) is 11.1 Å². The van der Waals surface area contributed by atoms with Gasteiger partial charge in [0.1, 0.15) is 0 Å². The number of hydrogen-bond donors (Lipinski definition) is 2. The smallest absolute Gasteiger partial charge is 0.0558 e.